The molecule has 0 saturated carbocycles. The maximum absolute atomic E-state index is 14.6. The predicted octanol–water partition coefficient (Wildman–Crippen LogP) is 6.14. The molecule has 2 aromatic carbocycles. The monoisotopic (exact) mass is 438 g/mol. The number of hydrogen-bond donors (Lipinski definition) is 2. The average Bonchev–Trinajstić information content (AvgIpc) is 3.18. The summed E-state index contributed by atoms with van der Waals surface area (Å²) in [6.07, 6.45) is -0.766. The number of carboxylic acid groups (broad SMARTS) is 1. The number of nitriles is 1. The summed E-state index contributed by atoms with van der Waals surface area (Å²) >= 11 is 1.11. The van der Waals surface area contributed by atoms with Crippen LogP contribution in [-0.4, -0.2) is 22.8 Å². The molecule has 3 aromatic rings. The molecule has 0 radical (unpaired) electrons. The lowest BCUT2D eigenvalue weighted by molar-refractivity contribution is 0.0633. The van der Waals surface area contributed by atoms with Gasteiger partial charge in [0.1, 0.15) is 16.3 Å². The van der Waals surface area contributed by atoms with Crippen LogP contribution in [-0.2, 0) is 4.74 Å². The molecule has 0 atom stereocenters. The van der Waals surface area contributed by atoms with Gasteiger partial charge in [-0.1, -0.05) is 18.2 Å². The third-order valence-corrected chi connectivity index (χ3v) is 5.28. The van der Waals surface area contributed by atoms with E-state index in [2.05, 4.69) is 11.4 Å². The minimum absolute atomic E-state index is 0.0343. The summed E-state index contributed by atoms with van der Waals surface area (Å²) in [6, 6.07) is 14.6. The van der Waals surface area contributed by atoms with Crippen LogP contribution in [0.1, 0.15) is 36.0 Å². The number of ether oxygens (including phenoxy) is 1. The SMILES string of the molecule is CC(C)(C)OC(=O)Nc1ccc(-c2ccc(-c3ccc(C(=O)O)s3)cc2C#N)cc1F. The van der Waals surface area contributed by atoms with E-state index >= 15 is 0 Å². The van der Waals surface area contributed by atoms with Gasteiger partial charge in [-0.2, -0.15) is 5.26 Å². The second-order valence-electron chi connectivity index (χ2n) is 7.66. The molecule has 6 nitrogen and oxygen atoms in total. The second-order valence-corrected chi connectivity index (χ2v) is 8.75. The molecule has 1 heterocycles. The van der Waals surface area contributed by atoms with Crippen molar-refractivity contribution in [1.82, 2.24) is 0 Å². The Kier molecular flexibility index (Phi) is 6.09. The fourth-order valence-corrected chi connectivity index (χ4v) is 3.69. The molecule has 0 aliphatic heterocycles. The third kappa shape index (κ3) is 5.27. The first-order chi connectivity index (χ1) is 14.6. The number of hydrogen-bond acceptors (Lipinski definition) is 5. The number of carboxylic acids is 1. The number of aromatic carboxylic acids is 1. The van der Waals surface area contributed by atoms with E-state index in [9.17, 15) is 19.2 Å². The van der Waals surface area contributed by atoms with Crippen molar-refractivity contribution in [3.05, 3.63) is 64.8 Å². The van der Waals surface area contributed by atoms with Crippen LogP contribution < -0.4 is 5.32 Å². The molecule has 1 amide bonds. The van der Waals surface area contributed by atoms with E-state index in [4.69, 9.17) is 9.84 Å². The zero-order valence-corrected chi connectivity index (χ0v) is 17.8. The third-order valence-electron chi connectivity index (χ3n) is 4.16. The molecule has 0 saturated heterocycles. The lowest BCUT2D eigenvalue weighted by Crippen LogP contribution is -2.27. The number of rotatable bonds is 4. The standard InChI is InChI=1S/C23H19FN2O4S/c1-23(2,3)30-22(29)26-18-7-5-13(11-17(18)24)16-6-4-14(10-15(16)12-25)19-8-9-20(31-19)21(27)28/h4-11H,1-3H3,(H,26,29)(H,27,28). The van der Waals surface area contributed by atoms with Gasteiger partial charge in [-0.05, 0) is 67.8 Å². The summed E-state index contributed by atoms with van der Waals surface area (Å²) in [5.41, 5.74) is 1.25. The number of nitrogens with one attached hydrogen (secondary N) is 1. The van der Waals surface area contributed by atoms with Crippen LogP contribution in [0.25, 0.3) is 21.6 Å². The van der Waals surface area contributed by atoms with Crippen molar-refractivity contribution < 1.29 is 23.8 Å². The first-order valence-electron chi connectivity index (χ1n) is 9.25. The van der Waals surface area contributed by atoms with E-state index in [0.29, 0.717) is 27.1 Å². The number of nitrogens with zero attached hydrogens (tertiary/aromatic N) is 1. The molecule has 158 valence electrons. The number of benzene rings is 2. The Morgan fingerprint density at radius 3 is 2.39 bits per heavy atom. The Bertz CT molecular complexity index is 1210. The second kappa shape index (κ2) is 8.58. The average molecular weight is 438 g/mol. The number of amides is 1. The van der Waals surface area contributed by atoms with E-state index in [-0.39, 0.29) is 10.6 Å². The summed E-state index contributed by atoms with van der Waals surface area (Å²) in [7, 11) is 0. The lowest BCUT2D eigenvalue weighted by atomic mass is 9.97. The maximum atomic E-state index is 14.6. The van der Waals surface area contributed by atoms with Crippen LogP contribution in [0.2, 0.25) is 0 Å². The Morgan fingerprint density at radius 1 is 1.10 bits per heavy atom. The highest BCUT2D eigenvalue weighted by atomic mass is 32.1. The fraction of sp³-hybridized carbons (Fsp3) is 0.174. The normalized spacial score (nSPS) is 10.9. The maximum Gasteiger partial charge on any atom is 0.412 e. The highest BCUT2D eigenvalue weighted by Crippen LogP contribution is 2.33. The van der Waals surface area contributed by atoms with E-state index in [1.54, 1.807) is 51.1 Å². The largest absolute Gasteiger partial charge is 0.477 e. The van der Waals surface area contributed by atoms with Gasteiger partial charge in [0, 0.05) is 4.88 Å². The van der Waals surface area contributed by atoms with Gasteiger partial charge in [-0.3, -0.25) is 5.32 Å². The fourth-order valence-electron chi connectivity index (χ4n) is 2.85. The summed E-state index contributed by atoms with van der Waals surface area (Å²) < 4.78 is 19.7. The molecule has 0 bridgehead atoms. The molecule has 0 aliphatic rings. The molecule has 8 heteroatoms. The molecule has 1 aromatic heterocycles. The van der Waals surface area contributed by atoms with Crippen LogP contribution >= 0.6 is 11.3 Å². The molecule has 0 spiro atoms. The number of halogens is 1. The highest BCUT2D eigenvalue weighted by Gasteiger charge is 2.18. The van der Waals surface area contributed by atoms with E-state index in [1.165, 1.54) is 18.2 Å². The highest BCUT2D eigenvalue weighted by molar-refractivity contribution is 7.17. The molecule has 0 unspecified atom stereocenters. The number of thiophene rings is 1. The van der Waals surface area contributed by atoms with E-state index in [1.807, 2.05) is 0 Å². The minimum Gasteiger partial charge on any atom is -0.477 e. The Hall–Kier alpha value is -3.70. The molecule has 0 fully saturated rings. The van der Waals surface area contributed by atoms with Crippen molar-refractivity contribution in [2.45, 2.75) is 26.4 Å². The van der Waals surface area contributed by atoms with Gasteiger partial charge in [0.25, 0.3) is 0 Å². The van der Waals surface area contributed by atoms with Gasteiger partial charge in [0.15, 0.2) is 0 Å². The molecule has 2 N–H and O–H groups in total. The Morgan fingerprint density at radius 2 is 1.81 bits per heavy atom. The topological polar surface area (TPSA) is 99.4 Å². The first-order valence-corrected chi connectivity index (χ1v) is 10.1. The number of carbonyl (C=O) groups excluding carboxylic acids is 1. The summed E-state index contributed by atoms with van der Waals surface area (Å²) in [5.74, 6) is -1.68. The Balaban J connectivity index is 1.88. The summed E-state index contributed by atoms with van der Waals surface area (Å²) in [4.78, 5) is 23.9. The van der Waals surface area contributed by atoms with Crippen LogP contribution in [0.5, 0.6) is 0 Å². The van der Waals surface area contributed by atoms with Gasteiger partial charge in [0.05, 0.1) is 17.3 Å². The predicted molar refractivity (Wildman–Crippen MR) is 117 cm³/mol. The lowest BCUT2D eigenvalue weighted by Gasteiger charge is -2.20. The number of carbonyl (C=O) groups is 2. The molecule has 0 aliphatic carbocycles. The van der Waals surface area contributed by atoms with Crippen molar-refractivity contribution in [3.8, 4) is 27.6 Å². The van der Waals surface area contributed by atoms with E-state index < -0.39 is 23.5 Å². The first kappa shape index (κ1) is 22.0. The smallest absolute Gasteiger partial charge is 0.412 e. The number of anilines is 1. The van der Waals surface area contributed by atoms with Crippen molar-refractivity contribution in [1.29, 1.82) is 5.26 Å². The quantitative estimate of drug-likeness (QED) is 0.510. The van der Waals surface area contributed by atoms with Crippen molar-refractivity contribution in [2.75, 3.05) is 5.32 Å². The molecule has 31 heavy (non-hydrogen) atoms. The van der Waals surface area contributed by atoms with Gasteiger partial charge < -0.3 is 9.84 Å². The molecular formula is C23H19FN2O4S. The Labute approximate surface area is 182 Å². The summed E-state index contributed by atoms with van der Waals surface area (Å²) in [6.45, 7) is 5.12. The van der Waals surface area contributed by atoms with E-state index in [0.717, 1.165) is 11.3 Å². The van der Waals surface area contributed by atoms with Gasteiger partial charge in [-0.15, -0.1) is 11.3 Å². The van der Waals surface area contributed by atoms with Gasteiger partial charge in [0.2, 0.25) is 0 Å². The molecule has 3 rings (SSSR count). The zero-order chi connectivity index (χ0) is 22.8. The zero-order valence-electron chi connectivity index (χ0n) is 17.0. The van der Waals surface area contributed by atoms with Crippen molar-refractivity contribution >= 4 is 29.1 Å². The van der Waals surface area contributed by atoms with Crippen molar-refractivity contribution in [2.24, 2.45) is 0 Å². The minimum atomic E-state index is -1.01. The summed E-state index contributed by atoms with van der Waals surface area (Å²) in [5, 5.41) is 21.0. The van der Waals surface area contributed by atoms with Crippen LogP contribution in [0.3, 0.4) is 0 Å². The molecular weight excluding hydrogens is 419 g/mol. The van der Waals surface area contributed by atoms with Crippen LogP contribution in [0.15, 0.2) is 48.5 Å². The van der Waals surface area contributed by atoms with Gasteiger partial charge >= 0.3 is 12.1 Å². The van der Waals surface area contributed by atoms with Crippen molar-refractivity contribution in [3.63, 3.8) is 0 Å². The van der Waals surface area contributed by atoms with Crippen LogP contribution in [0, 0.1) is 17.1 Å². The van der Waals surface area contributed by atoms with Crippen LogP contribution in [0.4, 0.5) is 14.9 Å². The van der Waals surface area contributed by atoms with Gasteiger partial charge in [-0.25, -0.2) is 14.0 Å².